The van der Waals surface area contributed by atoms with Crippen LogP contribution in [0.5, 0.6) is 5.75 Å². The van der Waals surface area contributed by atoms with Gasteiger partial charge in [0.2, 0.25) is 0 Å². The molecule has 7 heteroatoms. The molecule has 0 N–H and O–H groups in total. The van der Waals surface area contributed by atoms with Gasteiger partial charge in [-0.05, 0) is 29.7 Å². The summed E-state index contributed by atoms with van der Waals surface area (Å²) in [4.78, 5) is 27.5. The monoisotopic (exact) mass is 378 g/mol. The molecule has 5 nitrogen and oxygen atoms in total. The molecule has 0 aliphatic carbocycles. The van der Waals surface area contributed by atoms with E-state index in [0.717, 1.165) is 11.3 Å². The van der Waals surface area contributed by atoms with Crippen molar-refractivity contribution >= 4 is 33.4 Å². The van der Waals surface area contributed by atoms with Gasteiger partial charge in [-0.2, -0.15) is 0 Å². The first-order valence-corrected chi connectivity index (χ1v) is 10.4. The van der Waals surface area contributed by atoms with Gasteiger partial charge < -0.3 is 14.5 Å². The molecule has 1 aromatic carbocycles. The number of hydrogen-bond donors (Lipinski definition) is 0. The molecule has 0 spiro atoms. The molecule has 2 bridgehead atoms. The van der Waals surface area contributed by atoms with E-state index in [4.69, 9.17) is 4.74 Å². The lowest BCUT2D eigenvalue weighted by Gasteiger charge is -2.53. The molecule has 25 heavy (non-hydrogen) atoms. The molecule has 134 valence electrons. The lowest BCUT2D eigenvalue weighted by molar-refractivity contribution is -0.157. The quantitative estimate of drug-likeness (QED) is 0.582. The van der Waals surface area contributed by atoms with E-state index in [1.165, 1.54) is 21.6 Å². The smallest absolute Gasteiger partial charge is 0.261 e. The second kappa shape index (κ2) is 6.96. The lowest BCUT2D eigenvalue weighted by atomic mass is 10.0. The van der Waals surface area contributed by atoms with E-state index < -0.39 is 10.2 Å². The van der Waals surface area contributed by atoms with Crippen LogP contribution in [0.15, 0.2) is 36.6 Å². The van der Waals surface area contributed by atoms with Crippen LogP contribution in [0, 0.1) is 5.92 Å². The molecular formula is C18H22N2O3S2. The SMILES string of the molecule is CC(C)/C=C/Oc1ccc(CC23SSC(C(=O)N2C)N(C)C3=O)cc1. The van der Waals surface area contributed by atoms with Crippen molar-refractivity contribution in [2.24, 2.45) is 5.92 Å². The number of fused-ring (bicyclic) bond motifs is 3. The highest BCUT2D eigenvalue weighted by molar-refractivity contribution is 8.78. The number of likely N-dealkylation sites (N-methyl/N-ethyl adjacent to an activating group) is 2. The minimum atomic E-state index is -0.870. The maximum Gasteiger partial charge on any atom is 0.261 e. The van der Waals surface area contributed by atoms with E-state index in [1.54, 1.807) is 30.2 Å². The number of allylic oxidation sites excluding steroid dienone is 1. The molecule has 3 aliphatic rings. The van der Waals surface area contributed by atoms with Crippen molar-refractivity contribution in [1.29, 1.82) is 0 Å². The summed E-state index contributed by atoms with van der Waals surface area (Å²) in [6.07, 6.45) is 4.15. The third kappa shape index (κ3) is 3.27. The number of rotatable bonds is 5. The summed E-state index contributed by atoms with van der Waals surface area (Å²) in [5.41, 5.74) is 0.995. The fourth-order valence-corrected chi connectivity index (χ4v) is 6.29. The Bertz CT molecular complexity index is 705. The molecule has 2 atom stereocenters. The van der Waals surface area contributed by atoms with E-state index in [-0.39, 0.29) is 11.8 Å². The number of carbonyl (C=O) groups is 2. The van der Waals surface area contributed by atoms with Gasteiger partial charge in [-0.1, -0.05) is 47.6 Å². The molecule has 0 saturated carbocycles. The average molecular weight is 379 g/mol. The first-order chi connectivity index (χ1) is 11.8. The molecular weight excluding hydrogens is 356 g/mol. The molecule has 3 fully saturated rings. The van der Waals surface area contributed by atoms with Gasteiger partial charge in [0.1, 0.15) is 5.75 Å². The van der Waals surface area contributed by atoms with Crippen LogP contribution < -0.4 is 4.74 Å². The maximum absolute atomic E-state index is 12.8. The van der Waals surface area contributed by atoms with Crippen LogP contribution in [-0.2, 0) is 16.0 Å². The molecule has 0 aromatic heterocycles. The van der Waals surface area contributed by atoms with Crippen molar-refractivity contribution in [2.75, 3.05) is 14.1 Å². The van der Waals surface area contributed by atoms with Crippen molar-refractivity contribution in [3.63, 3.8) is 0 Å². The third-order valence-corrected chi connectivity index (χ3v) is 7.73. The molecule has 2 unspecified atom stereocenters. The zero-order valence-electron chi connectivity index (χ0n) is 14.8. The Balaban J connectivity index is 1.77. The summed E-state index contributed by atoms with van der Waals surface area (Å²) in [6, 6.07) is 7.67. The highest BCUT2D eigenvalue weighted by Gasteiger charge is 2.59. The molecule has 2 amide bonds. The Kier molecular flexibility index (Phi) is 5.06. The Labute approximate surface area is 156 Å². The summed E-state index contributed by atoms with van der Waals surface area (Å²) in [5.74, 6) is 1.17. The predicted octanol–water partition coefficient (Wildman–Crippen LogP) is 3.13. The van der Waals surface area contributed by atoms with Crippen LogP contribution in [0.25, 0.3) is 0 Å². The van der Waals surface area contributed by atoms with E-state index in [2.05, 4.69) is 13.8 Å². The van der Waals surface area contributed by atoms with Gasteiger partial charge in [0.15, 0.2) is 10.2 Å². The molecule has 4 rings (SSSR count). The Morgan fingerprint density at radius 1 is 1.24 bits per heavy atom. The van der Waals surface area contributed by atoms with Crippen LogP contribution in [0.4, 0.5) is 0 Å². The summed E-state index contributed by atoms with van der Waals surface area (Å²) in [6.45, 7) is 4.17. The fourth-order valence-electron chi connectivity index (χ4n) is 2.82. The van der Waals surface area contributed by atoms with Crippen molar-refractivity contribution in [3.05, 3.63) is 42.2 Å². The second-order valence-corrected chi connectivity index (χ2v) is 9.20. The Morgan fingerprint density at radius 3 is 2.56 bits per heavy atom. The van der Waals surface area contributed by atoms with E-state index in [0.29, 0.717) is 12.3 Å². The standard InChI is InChI=1S/C18H22N2O3S2/c1-12(2)9-10-23-14-7-5-13(6-8-14)11-18-17(22)19(3)16(24-25-18)15(21)20(18)4/h5-10,12,16H,11H2,1-4H3/b10-9+. The largest absolute Gasteiger partial charge is 0.465 e. The summed E-state index contributed by atoms with van der Waals surface area (Å²) in [5, 5.41) is -0.409. The molecule has 3 heterocycles. The minimum Gasteiger partial charge on any atom is -0.465 e. The van der Waals surface area contributed by atoms with Gasteiger partial charge >= 0.3 is 0 Å². The van der Waals surface area contributed by atoms with Crippen LogP contribution in [0.1, 0.15) is 19.4 Å². The van der Waals surface area contributed by atoms with Crippen molar-refractivity contribution in [1.82, 2.24) is 9.80 Å². The number of ether oxygens (including phenoxy) is 1. The summed E-state index contributed by atoms with van der Waals surface area (Å²) < 4.78 is 5.57. The normalized spacial score (nSPS) is 26.2. The van der Waals surface area contributed by atoms with Crippen molar-refractivity contribution in [2.45, 2.75) is 30.5 Å². The van der Waals surface area contributed by atoms with Crippen molar-refractivity contribution < 1.29 is 14.3 Å². The van der Waals surface area contributed by atoms with E-state index in [9.17, 15) is 9.59 Å². The molecule has 3 aliphatic heterocycles. The zero-order chi connectivity index (χ0) is 18.2. The zero-order valence-corrected chi connectivity index (χ0v) is 16.4. The van der Waals surface area contributed by atoms with Crippen LogP contribution in [0.3, 0.4) is 0 Å². The van der Waals surface area contributed by atoms with Crippen LogP contribution in [-0.4, -0.2) is 46.0 Å². The number of benzene rings is 1. The average Bonchev–Trinajstić information content (AvgIpc) is 2.58. The van der Waals surface area contributed by atoms with E-state index in [1.807, 2.05) is 30.3 Å². The minimum absolute atomic E-state index is 0.00961. The number of amides is 2. The predicted molar refractivity (Wildman–Crippen MR) is 102 cm³/mol. The Hall–Kier alpha value is -1.60. The number of piperazine rings is 1. The first-order valence-electron chi connectivity index (χ1n) is 8.17. The van der Waals surface area contributed by atoms with Gasteiger partial charge in [-0.3, -0.25) is 9.59 Å². The molecule has 3 saturated heterocycles. The number of nitrogens with zero attached hydrogens (tertiary/aromatic N) is 2. The first kappa shape index (κ1) is 18.2. The Morgan fingerprint density at radius 2 is 1.92 bits per heavy atom. The van der Waals surface area contributed by atoms with Crippen molar-refractivity contribution in [3.8, 4) is 5.75 Å². The third-order valence-electron chi connectivity index (χ3n) is 4.40. The van der Waals surface area contributed by atoms with Crippen LogP contribution >= 0.6 is 21.6 Å². The summed E-state index contributed by atoms with van der Waals surface area (Å²) in [7, 11) is 6.39. The second-order valence-electron chi connectivity index (χ2n) is 6.64. The molecule has 1 aromatic rings. The van der Waals surface area contributed by atoms with Crippen LogP contribution in [0.2, 0.25) is 0 Å². The lowest BCUT2D eigenvalue weighted by Crippen LogP contribution is -2.70. The highest BCUT2D eigenvalue weighted by Crippen LogP contribution is 2.53. The van der Waals surface area contributed by atoms with Gasteiger partial charge in [0.25, 0.3) is 11.8 Å². The molecule has 0 radical (unpaired) electrons. The number of hydrogen-bond acceptors (Lipinski definition) is 5. The van der Waals surface area contributed by atoms with Gasteiger partial charge in [0.05, 0.1) is 6.26 Å². The highest BCUT2D eigenvalue weighted by atomic mass is 33.1. The van der Waals surface area contributed by atoms with Gasteiger partial charge in [-0.25, -0.2) is 0 Å². The van der Waals surface area contributed by atoms with E-state index >= 15 is 0 Å². The van der Waals surface area contributed by atoms with Gasteiger partial charge in [-0.15, -0.1) is 0 Å². The maximum atomic E-state index is 12.8. The number of carbonyl (C=O) groups excluding carboxylic acids is 2. The fraction of sp³-hybridized carbons (Fsp3) is 0.444. The topological polar surface area (TPSA) is 49.9 Å². The van der Waals surface area contributed by atoms with Gasteiger partial charge in [0, 0.05) is 20.5 Å². The summed E-state index contributed by atoms with van der Waals surface area (Å²) >= 11 is 0.